The second-order valence-corrected chi connectivity index (χ2v) is 8.05. The molecule has 0 heterocycles. The summed E-state index contributed by atoms with van der Waals surface area (Å²) in [5.41, 5.74) is -1.49. The van der Waals surface area contributed by atoms with Gasteiger partial charge in [0, 0.05) is 11.0 Å². The molecule has 4 heteroatoms. The molecule has 20 heavy (non-hydrogen) atoms. The van der Waals surface area contributed by atoms with Crippen molar-refractivity contribution in [3.8, 4) is 0 Å². The maximum atomic E-state index is 12.7. The first-order valence-electron chi connectivity index (χ1n) is 7.62. The van der Waals surface area contributed by atoms with E-state index in [2.05, 4.69) is 10.6 Å². The maximum absolute atomic E-state index is 12.7. The van der Waals surface area contributed by atoms with Crippen molar-refractivity contribution in [2.75, 3.05) is 0 Å². The average molecular weight is 282 g/mol. The number of hydrogen-bond donors (Lipinski definition) is 2. The summed E-state index contributed by atoms with van der Waals surface area (Å²) in [6.45, 7) is 11.5. The average Bonchev–Trinajstić information content (AvgIpc) is 2.26. The van der Waals surface area contributed by atoms with E-state index in [4.69, 9.17) is 0 Å². The van der Waals surface area contributed by atoms with Crippen LogP contribution >= 0.6 is 0 Å². The van der Waals surface area contributed by atoms with Gasteiger partial charge >= 0.3 is 0 Å². The smallest absolute Gasteiger partial charge is 0.246 e. The van der Waals surface area contributed by atoms with Crippen LogP contribution in [0.4, 0.5) is 0 Å². The molecule has 1 fully saturated rings. The van der Waals surface area contributed by atoms with E-state index in [1.807, 2.05) is 41.5 Å². The summed E-state index contributed by atoms with van der Waals surface area (Å²) >= 11 is 0. The lowest BCUT2D eigenvalue weighted by Gasteiger charge is -2.40. The number of carbonyl (C=O) groups is 2. The minimum atomic E-state index is -0.726. The van der Waals surface area contributed by atoms with Gasteiger partial charge in [0.25, 0.3) is 0 Å². The molecule has 0 aromatic carbocycles. The van der Waals surface area contributed by atoms with Gasteiger partial charge in [-0.1, -0.05) is 40.0 Å². The summed E-state index contributed by atoms with van der Waals surface area (Å²) < 4.78 is 0. The van der Waals surface area contributed by atoms with Gasteiger partial charge in [-0.25, -0.2) is 0 Å². The molecule has 0 aliphatic heterocycles. The van der Waals surface area contributed by atoms with Gasteiger partial charge < -0.3 is 10.6 Å². The molecule has 0 aromatic rings. The summed E-state index contributed by atoms with van der Waals surface area (Å²) in [6.07, 6.45) is 4.58. The molecule has 1 aliphatic rings. The lowest BCUT2D eigenvalue weighted by Crippen LogP contribution is -2.63. The number of rotatable bonds is 2. The Morgan fingerprint density at radius 1 is 0.900 bits per heavy atom. The van der Waals surface area contributed by atoms with E-state index < -0.39 is 11.0 Å². The monoisotopic (exact) mass is 282 g/mol. The molecule has 4 nitrogen and oxygen atoms in total. The highest BCUT2D eigenvalue weighted by molar-refractivity contribution is 5.93. The minimum absolute atomic E-state index is 0.0395. The number of amides is 2. The van der Waals surface area contributed by atoms with Crippen LogP contribution in [-0.4, -0.2) is 22.9 Å². The number of carbonyl (C=O) groups excluding carboxylic acids is 2. The zero-order valence-corrected chi connectivity index (χ0v) is 13.9. The first kappa shape index (κ1) is 17.0. The zero-order chi connectivity index (χ0) is 15.6. The molecular weight excluding hydrogens is 252 g/mol. The largest absolute Gasteiger partial charge is 0.349 e. The molecule has 0 spiro atoms. The molecule has 0 radical (unpaired) electrons. The Kier molecular flexibility index (Phi) is 4.88. The van der Waals surface area contributed by atoms with Crippen LogP contribution in [0, 0.1) is 5.41 Å². The first-order valence-corrected chi connectivity index (χ1v) is 7.62. The van der Waals surface area contributed by atoms with Crippen molar-refractivity contribution in [1.82, 2.24) is 10.6 Å². The minimum Gasteiger partial charge on any atom is -0.349 e. The van der Waals surface area contributed by atoms with Gasteiger partial charge in [0.05, 0.1) is 0 Å². The standard InChI is InChI=1S/C16H30N2O2/c1-14(2,3)12(19)18-16(10-8-7-9-11-16)13(20)17-15(4,5)6/h7-11H2,1-6H3,(H,17,20)(H,18,19). The van der Waals surface area contributed by atoms with Crippen molar-refractivity contribution in [2.24, 2.45) is 5.41 Å². The van der Waals surface area contributed by atoms with Crippen LogP contribution in [0.1, 0.15) is 73.6 Å². The Morgan fingerprint density at radius 3 is 1.80 bits per heavy atom. The van der Waals surface area contributed by atoms with Crippen molar-refractivity contribution in [3.63, 3.8) is 0 Å². The Balaban J connectivity index is 2.92. The summed E-state index contributed by atoms with van der Waals surface area (Å²) in [5.74, 6) is -0.0919. The van der Waals surface area contributed by atoms with Crippen LogP contribution < -0.4 is 10.6 Å². The second kappa shape index (κ2) is 5.74. The van der Waals surface area contributed by atoms with E-state index in [9.17, 15) is 9.59 Å². The number of hydrogen-bond acceptors (Lipinski definition) is 2. The summed E-state index contributed by atoms with van der Waals surface area (Å²) in [6, 6.07) is 0. The van der Waals surface area contributed by atoms with Crippen LogP contribution in [0.2, 0.25) is 0 Å². The van der Waals surface area contributed by atoms with Gasteiger partial charge in [-0.15, -0.1) is 0 Å². The molecule has 0 saturated heterocycles. The van der Waals surface area contributed by atoms with Crippen LogP contribution in [0.25, 0.3) is 0 Å². The van der Waals surface area contributed by atoms with Crippen molar-refractivity contribution in [1.29, 1.82) is 0 Å². The highest BCUT2D eigenvalue weighted by Gasteiger charge is 2.43. The van der Waals surface area contributed by atoms with Crippen molar-refractivity contribution >= 4 is 11.8 Å². The predicted molar refractivity (Wildman–Crippen MR) is 81.3 cm³/mol. The Morgan fingerprint density at radius 2 is 1.40 bits per heavy atom. The van der Waals surface area contributed by atoms with Gasteiger partial charge in [0.15, 0.2) is 0 Å². The zero-order valence-electron chi connectivity index (χ0n) is 13.9. The molecular formula is C16H30N2O2. The highest BCUT2D eigenvalue weighted by Crippen LogP contribution is 2.30. The molecule has 2 amide bonds. The van der Waals surface area contributed by atoms with Gasteiger partial charge in [0.2, 0.25) is 11.8 Å². The van der Waals surface area contributed by atoms with E-state index in [-0.39, 0.29) is 17.4 Å². The molecule has 0 atom stereocenters. The van der Waals surface area contributed by atoms with Crippen molar-refractivity contribution in [3.05, 3.63) is 0 Å². The molecule has 1 rings (SSSR count). The van der Waals surface area contributed by atoms with Crippen LogP contribution in [0.5, 0.6) is 0 Å². The van der Waals surface area contributed by atoms with Crippen LogP contribution in [0.15, 0.2) is 0 Å². The first-order chi connectivity index (χ1) is 8.96. The molecule has 0 unspecified atom stereocenters. The predicted octanol–water partition coefficient (Wildman–Crippen LogP) is 2.77. The Labute approximate surface area is 123 Å². The molecule has 1 aliphatic carbocycles. The summed E-state index contributed by atoms with van der Waals surface area (Å²) in [4.78, 5) is 25.0. The SMILES string of the molecule is CC(C)(C)NC(=O)C1(NC(=O)C(C)(C)C)CCCCC1. The normalized spacial score (nSPS) is 19.3. The van der Waals surface area contributed by atoms with E-state index in [1.165, 1.54) is 0 Å². The van der Waals surface area contributed by atoms with Gasteiger partial charge in [-0.3, -0.25) is 9.59 Å². The van der Waals surface area contributed by atoms with Crippen molar-refractivity contribution in [2.45, 2.75) is 84.7 Å². The van der Waals surface area contributed by atoms with Crippen molar-refractivity contribution < 1.29 is 9.59 Å². The van der Waals surface area contributed by atoms with E-state index in [0.717, 1.165) is 32.1 Å². The van der Waals surface area contributed by atoms with Crippen LogP contribution in [0.3, 0.4) is 0 Å². The molecule has 0 bridgehead atoms. The number of nitrogens with one attached hydrogen (secondary N) is 2. The molecule has 0 aromatic heterocycles. The topological polar surface area (TPSA) is 58.2 Å². The fourth-order valence-electron chi connectivity index (χ4n) is 2.43. The lowest BCUT2D eigenvalue weighted by atomic mass is 9.79. The third-order valence-corrected chi connectivity index (χ3v) is 3.66. The highest BCUT2D eigenvalue weighted by atomic mass is 16.2. The van der Waals surface area contributed by atoms with E-state index in [0.29, 0.717) is 0 Å². The third-order valence-electron chi connectivity index (χ3n) is 3.66. The lowest BCUT2D eigenvalue weighted by molar-refractivity contribution is -0.139. The molecule has 2 N–H and O–H groups in total. The quantitative estimate of drug-likeness (QED) is 0.818. The molecule has 116 valence electrons. The van der Waals surface area contributed by atoms with Gasteiger partial charge in [-0.2, -0.15) is 0 Å². The maximum Gasteiger partial charge on any atom is 0.246 e. The Bertz CT molecular complexity index is 369. The van der Waals surface area contributed by atoms with Gasteiger partial charge in [0.1, 0.15) is 5.54 Å². The Hall–Kier alpha value is -1.06. The summed E-state index contributed by atoms with van der Waals surface area (Å²) in [5, 5.41) is 6.08. The summed E-state index contributed by atoms with van der Waals surface area (Å²) in [7, 11) is 0. The second-order valence-electron chi connectivity index (χ2n) is 8.05. The fraction of sp³-hybridized carbons (Fsp3) is 0.875. The van der Waals surface area contributed by atoms with E-state index >= 15 is 0 Å². The van der Waals surface area contributed by atoms with Gasteiger partial charge in [-0.05, 0) is 33.6 Å². The van der Waals surface area contributed by atoms with E-state index in [1.54, 1.807) is 0 Å². The third kappa shape index (κ3) is 4.50. The molecule has 1 saturated carbocycles. The van der Waals surface area contributed by atoms with Crippen LogP contribution in [-0.2, 0) is 9.59 Å². The fourth-order valence-corrected chi connectivity index (χ4v) is 2.43.